The highest BCUT2D eigenvalue weighted by Gasteiger charge is 2.16. The summed E-state index contributed by atoms with van der Waals surface area (Å²) in [4.78, 5) is 9.09. The molecule has 6 nitrogen and oxygen atoms in total. The molecule has 0 unspecified atom stereocenters. The minimum atomic E-state index is -0.353. The smallest absolute Gasteiger partial charge is 0.161 e. The SMILES string of the molecule is COc1cc(C2=NCCC2)ccc1OCc1cccc(COc2ccc(C3=NCCC3)cc2OC)c1F. The molecule has 3 aromatic carbocycles. The van der Waals surface area contributed by atoms with E-state index in [-0.39, 0.29) is 19.0 Å². The van der Waals surface area contributed by atoms with E-state index in [2.05, 4.69) is 9.98 Å². The number of hydrogen-bond acceptors (Lipinski definition) is 6. The minimum absolute atomic E-state index is 0.0659. The van der Waals surface area contributed by atoms with Crippen LogP contribution in [0.5, 0.6) is 23.0 Å². The molecule has 0 saturated carbocycles. The molecular formula is C30H31FN2O4. The molecule has 2 aliphatic rings. The van der Waals surface area contributed by atoms with Crippen molar-refractivity contribution in [2.24, 2.45) is 9.98 Å². The second kappa shape index (κ2) is 11.5. The monoisotopic (exact) mass is 502 g/mol. The molecule has 0 aliphatic carbocycles. The molecule has 37 heavy (non-hydrogen) atoms. The molecule has 0 aromatic heterocycles. The van der Waals surface area contributed by atoms with Crippen molar-refractivity contribution in [3.63, 3.8) is 0 Å². The molecular weight excluding hydrogens is 471 g/mol. The van der Waals surface area contributed by atoms with Gasteiger partial charge in [0.05, 0.1) is 14.2 Å². The molecule has 2 aliphatic heterocycles. The fraction of sp³-hybridized carbons (Fsp3) is 0.333. The van der Waals surface area contributed by atoms with E-state index in [4.69, 9.17) is 18.9 Å². The van der Waals surface area contributed by atoms with E-state index in [1.807, 2.05) is 36.4 Å². The van der Waals surface area contributed by atoms with Gasteiger partial charge in [0.25, 0.3) is 0 Å². The Morgan fingerprint density at radius 3 is 1.57 bits per heavy atom. The van der Waals surface area contributed by atoms with Crippen LogP contribution in [0.4, 0.5) is 4.39 Å². The van der Waals surface area contributed by atoms with Crippen molar-refractivity contribution in [2.45, 2.75) is 38.9 Å². The Kier molecular flexibility index (Phi) is 7.68. The molecule has 192 valence electrons. The summed E-state index contributed by atoms with van der Waals surface area (Å²) in [6.45, 7) is 1.86. The van der Waals surface area contributed by atoms with Gasteiger partial charge in [-0.05, 0) is 73.2 Å². The van der Waals surface area contributed by atoms with Crippen LogP contribution in [0, 0.1) is 5.82 Å². The third-order valence-corrected chi connectivity index (χ3v) is 6.67. The van der Waals surface area contributed by atoms with E-state index in [0.29, 0.717) is 34.1 Å². The highest BCUT2D eigenvalue weighted by molar-refractivity contribution is 6.02. The highest BCUT2D eigenvalue weighted by atomic mass is 19.1. The van der Waals surface area contributed by atoms with Gasteiger partial charge in [-0.3, -0.25) is 9.98 Å². The summed E-state index contributed by atoms with van der Waals surface area (Å²) in [6.07, 6.45) is 4.08. The van der Waals surface area contributed by atoms with E-state index in [0.717, 1.165) is 61.3 Å². The van der Waals surface area contributed by atoms with Crippen molar-refractivity contribution in [3.8, 4) is 23.0 Å². The van der Waals surface area contributed by atoms with Gasteiger partial charge in [-0.1, -0.05) is 18.2 Å². The first-order chi connectivity index (χ1) is 18.2. The van der Waals surface area contributed by atoms with Crippen molar-refractivity contribution in [2.75, 3.05) is 27.3 Å². The van der Waals surface area contributed by atoms with E-state index in [9.17, 15) is 0 Å². The Balaban J connectivity index is 1.26. The number of hydrogen-bond donors (Lipinski definition) is 0. The van der Waals surface area contributed by atoms with Crippen LogP contribution in [-0.4, -0.2) is 38.7 Å². The number of nitrogens with zero attached hydrogens (tertiary/aromatic N) is 2. The van der Waals surface area contributed by atoms with Crippen LogP contribution >= 0.6 is 0 Å². The third-order valence-electron chi connectivity index (χ3n) is 6.67. The lowest BCUT2D eigenvalue weighted by Gasteiger charge is -2.15. The molecule has 0 spiro atoms. The Morgan fingerprint density at radius 2 is 1.16 bits per heavy atom. The van der Waals surface area contributed by atoms with Crippen LogP contribution in [0.3, 0.4) is 0 Å². The van der Waals surface area contributed by atoms with Crippen molar-refractivity contribution in [1.82, 2.24) is 0 Å². The normalized spacial score (nSPS) is 14.8. The van der Waals surface area contributed by atoms with Gasteiger partial charge in [-0.2, -0.15) is 0 Å². The standard InChI is InChI=1S/C30H31FN2O4/c1-34-28-16-20(24-8-4-14-32-24)10-12-26(28)36-18-22-6-3-7-23(30(22)31)19-37-27-13-11-21(17-29(27)35-2)25-9-5-15-33-25/h3,6-7,10-13,16-17H,4-5,8-9,14-15,18-19H2,1-2H3. The fourth-order valence-electron chi connectivity index (χ4n) is 4.65. The number of aliphatic imine (C=N–C) groups is 2. The van der Waals surface area contributed by atoms with Gasteiger partial charge in [-0.25, -0.2) is 4.39 Å². The summed E-state index contributed by atoms with van der Waals surface area (Å²) in [6, 6.07) is 16.7. The van der Waals surface area contributed by atoms with E-state index < -0.39 is 0 Å². The second-order valence-electron chi connectivity index (χ2n) is 9.06. The number of benzene rings is 3. The molecule has 5 rings (SSSR count). The molecule has 0 saturated heterocycles. The average molecular weight is 503 g/mol. The first-order valence-electron chi connectivity index (χ1n) is 12.6. The Hall–Kier alpha value is -3.87. The van der Waals surface area contributed by atoms with E-state index in [1.54, 1.807) is 32.4 Å². The van der Waals surface area contributed by atoms with Crippen molar-refractivity contribution in [1.29, 1.82) is 0 Å². The van der Waals surface area contributed by atoms with Crippen LogP contribution in [0.2, 0.25) is 0 Å². The van der Waals surface area contributed by atoms with Crippen LogP contribution in [0.1, 0.15) is 47.9 Å². The molecule has 3 aromatic rings. The maximum absolute atomic E-state index is 15.3. The van der Waals surface area contributed by atoms with Gasteiger partial charge in [0.1, 0.15) is 19.0 Å². The Bertz CT molecular complexity index is 1240. The van der Waals surface area contributed by atoms with E-state index in [1.165, 1.54) is 0 Å². The number of ether oxygens (including phenoxy) is 4. The molecule has 2 heterocycles. The number of methoxy groups -OCH3 is 2. The maximum atomic E-state index is 15.3. The zero-order chi connectivity index (χ0) is 25.6. The summed E-state index contributed by atoms with van der Waals surface area (Å²) in [5.74, 6) is 1.97. The first kappa shape index (κ1) is 24.8. The zero-order valence-electron chi connectivity index (χ0n) is 21.3. The van der Waals surface area contributed by atoms with Gasteiger partial charge in [0.15, 0.2) is 23.0 Å². The molecule has 0 atom stereocenters. The summed E-state index contributed by atoms with van der Waals surface area (Å²) in [5.41, 5.74) is 5.12. The number of halogens is 1. The lowest BCUT2D eigenvalue weighted by molar-refractivity contribution is 0.270. The molecule has 7 heteroatoms. The third kappa shape index (κ3) is 5.61. The molecule has 0 bridgehead atoms. The van der Waals surface area contributed by atoms with Gasteiger partial charge >= 0.3 is 0 Å². The summed E-state index contributed by atoms with van der Waals surface area (Å²) in [5, 5.41) is 0. The summed E-state index contributed by atoms with van der Waals surface area (Å²) in [7, 11) is 3.20. The predicted molar refractivity (Wildman–Crippen MR) is 142 cm³/mol. The van der Waals surface area contributed by atoms with Crippen molar-refractivity contribution >= 4 is 11.4 Å². The van der Waals surface area contributed by atoms with Gasteiger partial charge in [0, 0.05) is 35.6 Å². The Morgan fingerprint density at radius 1 is 0.676 bits per heavy atom. The first-order valence-corrected chi connectivity index (χ1v) is 12.6. The van der Waals surface area contributed by atoms with E-state index >= 15 is 4.39 Å². The van der Waals surface area contributed by atoms with Crippen LogP contribution in [0.15, 0.2) is 64.6 Å². The van der Waals surface area contributed by atoms with Gasteiger partial charge in [-0.15, -0.1) is 0 Å². The molecule has 0 N–H and O–H groups in total. The lowest BCUT2D eigenvalue weighted by atomic mass is 10.1. The molecule has 0 radical (unpaired) electrons. The van der Waals surface area contributed by atoms with Gasteiger partial charge < -0.3 is 18.9 Å². The topological polar surface area (TPSA) is 61.6 Å². The fourth-order valence-corrected chi connectivity index (χ4v) is 4.65. The maximum Gasteiger partial charge on any atom is 0.161 e. The zero-order valence-corrected chi connectivity index (χ0v) is 21.3. The summed E-state index contributed by atoms with van der Waals surface area (Å²) >= 11 is 0. The minimum Gasteiger partial charge on any atom is -0.493 e. The second-order valence-corrected chi connectivity index (χ2v) is 9.06. The van der Waals surface area contributed by atoms with Crippen molar-refractivity contribution < 1.29 is 23.3 Å². The van der Waals surface area contributed by atoms with Crippen molar-refractivity contribution in [3.05, 3.63) is 82.7 Å². The predicted octanol–water partition coefficient (Wildman–Crippen LogP) is 6.17. The quantitative estimate of drug-likeness (QED) is 0.333. The van der Waals surface area contributed by atoms with Gasteiger partial charge in [0.2, 0.25) is 0 Å². The van der Waals surface area contributed by atoms with Crippen LogP contribution in [-0.2, 0) is 13.2 Å². The lowest BCUT2D eigenvalue weighted by Crippen LogP contribution is -2.06. The van der Waals surface area contributed by atoms with Crippen LogP contribution < -0.4 is 18.9 Å². The molecule has 0 fully saturated rings. The Labute approximate surface area is 216 Å². The largest absolute Gasteiger partial charge is 0.493 e. The summed E-state index contributed by atoms with van der Waals surface area (Å²) < 4.78 is 38.3. The van der Waals surface area contributed by atoms with Crippen LogP contribution in [0.25, 0.3) is 0 Å². The highest BCUT2D eigenvalue weighted by Crippen LogP contribution is 2.32. The molecule has 0 amide bonds. The number of rotatable bonds is 10. The average Bonchev–Trinajstić information content (AvgIpc) is 3.67.